The smallest absolute Gasteiger partial charge is 0.232 e. The van der Waals surface area contributed by atoms with Gasteiger partial charge >= 0.3 is 0 Å². The van der Waals surface area contributed by atoms with E-state index in [0.717, 1.165) is 0 Å². The number of aromatic nitrogens is 1. The van der Waals surface area contributed by atoms with Gasteiger partial charge in [0.25, 0.3) is 0 Å². The zero-order valence-corrected chi connectivity index (χ0v) is 16.2. The van der Waals surface area contributed by atoms with E-state index >= 15 is 0 Å². The molecule has 1 aromatic heterocycles. The van der Waals surface area contributed by atoms with Crippen molar-refractivity contribution in [2.75, 3.05) is 26.2 Å². The molecule has 146 valence electrons. The van der Waals surface area contributed by atoms with E-state index in [9.17, 15) is 9.18 Å². The first kappa shape index (κ1) is 19.4. The summed E-state index contributed by atoms with van der Waals surface area (Å²) in [5, 5.41) is 0. The number of amides is 1. The van der Waals surface area contributed by atoms with E-state index < -0.39 is 0 Å². The normalized spacial score (nSPS) is 10.6. The number of oxazole rings is 1. The first-order chi connectivity index (χ1) is 13.4. The minimum absolute atomic E-state index is 0.0708. The summed E-state index contributed by atoms with van der Waals surface area (Å²) in [6.45, 7) is 1.75. The number of ether oxygens (including phenoxy) is 2. The number of hydrogen-bond donors (Lipinski definition) is 0. The van der Waals surface area contributed by atoms with Gasteiger partial charge in [0.05, 0.1) is 26.3 Å². The lowest BCUT2D eigenvalue weighted by Crippen LogP contribution is -2.28. The van der Waals surface area contributed by atoms with Crippen LogP contribution in [0.3, 0.4) is 0 Å². The van der Waals surface area contributed by atoms with Crippen LogP contribution in [0.5, 0.6) is 11.5 Å². The third-order valence-corrected chi connectivity index (χ3v) is 4.43. The Bertz CT molecular complexity index is 983. The van der Waals surface area contributed by atoms with Gasteiger partial charge < -0.3 is 18.8 Å². The fourth-order valence-electron chi connectivity index (χ4n) is 2.75. The molecular weight excluding hydrogens is 363 g/mol. The zero-order chi connectivity index (χ0) is 20.3. The second-order valence-electron chi connectivity index (χ2n) is 6.20. The average Bonchev–Trinajstić information content (AvgIpc) is 3.07. The molecule has 0 saturated carbocycles. The van der Waals surface area contributed by atoms with Crippen molar-refractivity contribution in [3.63, 3.8) is 0 Å². The predicted octanol–water partition coefficient (Wildman–Crippen LogP) is 4.01. The van der Waals surface area contributed by atoms with Crippen molar-refractivity contribution >= 4 is 11.6 Å². The number of hydrogen-bond acceptors (Lipinski definition) is 5. The van der Waals surface area contributed by atoms with Gasteiger partial charge in [-0.25, -0.2) is 9.37 Å². The summed E-state index contributed by atoms with van der Waals surface area (Å²) >= 11 is 0. The Morgan fingerprint density at radius 1 is 1.11 bits per heavy atom. The van der Waals surface area contributed by atoms with Crippen LogP contribution in [0.15, 0.2) is 46.9 Å². The molecule has 28 heavy (non-hydrogen) atoms. The number of nitrogens with zero attached hydrogens (tertiary/aromatic N) is 2. The molecule has 0 aliphatic rings. The predicted molar refractivity (Wildman–Crippen MR) is 103 cm³/mol. The summed E-state index contributed by atoms with van der Waals surface area (Å²) in [5.74, 6) is 1.54. The van der Waals surface area contributed by atoms with Crippen LogP contribution < -0.4 is 14.4 Å². The lowest BCUT2D eigenvalue weighted by Gasteiger charge is -2.18. The highest BCUT2D eigenvalue weighted by Crippen LogP contribution is 2.31. The molecule has 0 N–H and O–H groups in total. The quantitative estimate of drug-likeness (QED) is 0.642. The van der Waals surface area contributed by atoms with Crippen molar-refractivity contribution in [3.8, 4) is 23.0 Å². The van der Waals surface area contributed by atoms with E-state index in [-0.39, 0.29) is 18.1 Å². The number of likely N-dealkylation sites (N-methyl/N-ethyl adjacent to an activating group) is 1. The summed E-state index contributed by atoms with van der Waals surface area (Å²) in [7, 11) is 4.78. The number of aryl methyl sites for hydroxylation is 1. The summed E-state index contributed by atoms with van der Waals surface area (Å²) in [4.78, 5) is 18.7. The highest BCUT2D eigenvalue weighted by Gasteiger charge is 2.19. The monoisotopic (exact) mass is 384 g/mol. The van der Waals surface area contributed by atoms with Crippen LogP contribution in [0.25, 0.3) is 11.5 Å². The van der Waals surface area contributed by atoms with Gasteiger partial charge in [-0.1, -0.05) is 0 Å². The summed E-state index contributed by atoms with van der Waals surface area (Å²) in [6.07, 6.45) is 0.0708. The maximum absolute atomic E-state index is 13.1. The van der Waals surface area contributed by atoms with Crippen LogP contribution in [0, 0.1) is 12.7 Å². The third kappa shape index (κ3) is 3.98. The van der Waals surface area contributed by atoms with Gasteiger partial charge in [0, 0.05) is 24.4 Å². The third-order valence-electron chi connectivity index (χ3n) is 4.43. The molecule has 6 nitrogen and oxygen atoms in total. The Morgan fingerprint density at radius 3 is 2.43 bits per heavy atom. The summed E-state index contributed by atoms with van der Waals surface area (Å²) < 4.78 is 29.3. The van der Waals surface area contributed by atoms with E-state index in [1.54, 1.807) is 58.5 Å². The van der Waals surface area contributed by atoms with Crippen molar-refractivity contribution < 1.29 is 23.1 Å². The Balaban J connectivity index is 1.78. The van der Waals surface area contributed by atoms with Crippen LogP contribution in [0.1, 0.15) is 11.5 Å². The first-order valence-electron chi connectivity index (χ1n) is 8.63. The topological polar surface area (TPSA) is 64.8 Å². The number of benzene rings is 2. The van der Waals surface area contributed by atoms with Crippen LogP contribution >= 0.6 is 0 Å². The maximum Gasteiger partial charge on any atom is 0.232 e. The molecule has 0 fully saturated rings. The average molecular weight is 384 g/mol. The van der Waals surface area contributed by atoms with Gasteiger partial charge in [-0.15, -0.1) is 0 Å². The second-order valence-corrected chi connectivity index (χ2v) is 6.20. The number of rotatable bonds is 6. The molecule has 0 radical (unpaired) electrons. The largest absolute Gasteiger partial charge is 0.493 e. The van der Waals surface area contributed by atoms with E-state index in [1.807, 2.05) is 0 Å². The van der Waals surface area contributed by atoms with Crippen molar-refractivity contribution in [2.24, 2.45) is 0 Å². The highest BCUT2D eigenvalue weighted by atomic mass is 19.1. The minimum atomic E-state index is -0.334. The van der Waals surface area contributed by atoms with E-state index in [1.165, 1.54) is 17.0 Å². The number of carbonyl (C=O) groups is 1. The number of anilines is 1. The van der Waals surface area contributed by atoms with Gasteiger partial charge in [-0.2, -0.15) is 0 Å². The molecule has 2 aromatic carbocycles. The Morgan fingerprint density at radius 2 is 1.79 bits per heavy atom. The molecule has 3 aromatic rings. The Kier molecular flexibility index (Phi) is 5.63. The maximum atomic E-state index is 13.1. The molecule has 0 aliphatic heterocycles. The standard InChI is InChI=1S/C21H21FN2O4/c1-13-17(23-21(28-13)14-5-7-15(22)8-6-14)12-20(25)24(2)16-9-10-18(26-3)19(11-16)27-4/h5-11H,12H2,1-4H3. The van der Waals surface area contributed by atoms with E-state index in [0.29, 0.717) is 40.1 Å². The van der Waals surface area contributed by atoms with Crippen LogP contribution in [-0.4, -0.2) is 32.2 Å². The van der Waals surface area contributed by atoms with E-state index in [2.05, 4.69) is 4.98 Å². The molecule has 0 atom stereocenters. The number of carbonyl (C=O) groups excluding carboxylic acids is 1. The second kappa shape index (κ2) is 8.12. The first-order valence-corrected chi connectivity index (χ1v) is 8.63. The summed E-state index contributed by atoms with van der Waals surface area (Å²) in [5.41, 5.74) is 1.86. The Hall–Kier alpha value is -3.35. The molecule has 7 heteroatoms. The van der Waals surface area contributed by atoms with Crippen molar-refractivity contribution in [1.82, 2.24) is 4.98 Å². The van der Waals surface area contributed by atoms with Crippen LogP contribution in [-0.2, 0) is 11.2 Å². The van der Waals surface area contributed by atoms with Crippen molar-refractivity contribution in [2.45, 2.75) is 13.3 Å². The van der Waals surface area contributed by atoms with Crippen LogP contribution in [0.2, 0.25) is 0 Å². The van der Waals surface area contributed by atoms with Crippen molar-refractivity contribution in [1.29, 1.82) is 0 Å². The lowest BCUT2D eigenvalue weighted by atomic mass is 10.2. The molecule has 0 bridgehead atoms. The fraction of sp³-hybridized carbons (Fsp3) is 0.238. The molecular formula is C21H21FN2O4. The van der Waals surface area contributed by atoms with Gasteiger partial charge in [0.1, 0.15) is 11.6 Å². The number of methoxy groups -OCH3 is 2. The molecule has 0 spiro atoms. The Labute approximate surface area is 162 Å². The van der Waals surface area contributed by atoms with Crippen LogP contribution in [0.4, 0.5) is 10.1 Å². The van der Waals surface area contributed by atoms with Gasteiger partial charge in [0.2, 0.25) is 11.8 Å². The van der Waals surface area contributed by atoms with Gasteiger partial charge in [0.15, 0.2) is 11.5 Å². The molecule has 1 amide bonds. The minimum Gasteiger partial charge on any atom is -0.493 e. The number of halogens is 1. The zero-order valence-electron chi connectivity index (χ0n) is 16.2. The van der Waals surface area contributed by atoms with Gasteiger partial charge in [-0.3, -0.25) is 4.79 Å². The van der Waals surface area contributed by atoms with E-state index in [4.69, 9.17) is 13.9 Å². The molecule has 3 rings (SSSR count). The fourth-order valence-corrected chi connectivity index (χ4v) is 2.75. The van der Waals surface area contributed by atoms with Gasteiger partial charge in [-0.05, 0) is 43.3 Å². The summed E-state index contributed by atoms with van der Waals surface area (Å²) in [6, 6.07) is 11.1. The highest BCUT2D eigenvalue weighted by molar-refractivity contribution is 5.94. The van der Waals surface area contributed by atoms with Crippen molar-refractivity contribution in [3.05, 3.63) is 59.7 Å². The lowest BCUT2D eigenvalue weighted by molar-refractivity contribution is -0.117. The molecule has 0 saturated heterocycles. The molecule has 1 heterocycles. The molecule has 0 unspecified atom stereocenters. The SMILES string of the molecule is COc1ccc(N(C)C(=O)Cc2nc(-c3ccc(F)cc3)oc2C)cc1OC. The molecule has 0 aliphatic carbocycles.